The molecule has 0 saturated carbocycles. The molecular weight excluding hydrogens is 228 g/mol. The maximum absolute atomic E-state index is 10.7. The van der Waals surface area contributed by atoms with Gasteiger partial charge in [-0.05, 0) is 25.7 Å². The number of hydrogen-bond donors (Lipinski definition) is 0. The average Bonchev–Trinajstić information content (AvgIpc) is 2.35. The predicted molar refractivity (Wildman–Crippen MR) is 74.9 cm³/mol. The van der Waals surface area contributed by atoms with Crippen LogP contribution in [0.1, 0.15) is 59.3 Å². The van der Waals surface area contributed by atoms with E-state index in [2.05, 4.69) is 13.8 Å². The number of carbonyl (C=O) groups is 1. The molecule has 1 atom stereocenters. The summed E-state index contributed by atoms with van der Waals surface area (Å²) in [4.78, 5) is 10.7. The molecule has 0 fully saturated rings. The quantitative estimate of drug-likeness (QED) is 0.473. The number of carbonyl (C=O) groups excluding carboxylic acids is 1. The Kier molecular flexibility index (Phi) is 12.7. The molecule has 0 saturated heterocycles. The summed E-state index contributed by atoms with van der Waals surface area (Å²) in [6.45, 7) is 8.89. The van der Waals surface area contributed by atoms with E-state index in [0.717, 1.165) is 13.0 Å². The van der Waals surface area contributed by atoms with Gasteiger partial charge in [-0.2, -0.15) is 0 Å². The monoisotopic (exact) mass is 258 g/mol. The number of Topliss-reactive ketones (excluding diaryl/α,β-unsaturated/α-hetero) is 1. The van der Waals surface area contributed by atoms with Crippen LogP contribution < -0.4 is 0 Å². The number of unbranched alkanes of at least 4 members (excludes halogenated alkanes) is 1. The molecule has 0 radical (unpaired) electrons. The minimum absolute atomic E-state index is 0.233. The van der Waals surface area contributed by atoms with Crippen LogP contribution in [0, 0.1) is 5.92 Å². The Morgan fingerprint density at radius 1 is 1.06 bits per heavy atom. The molecule has 0 aromatic carbocycles. The summed E-state index contributed by atoms with van der Waals surface area (Å²) in [5.41, 5.74) is 0. The molecule has 0 bridgehead atoms. The van der Waals surface area contributed by atoms with Gasteiger partial charge in [0.1, 0.15) is 5.78 Å². The van der Waals surface area contributed by atoms with Gasteiger partial charge < -0.3 is 14.3 Å². The highest BCUT2D eigenvalue weighted by Gasteiger charge is 2.05. The summed E-state index contributed by atoms with van der Waals surface area (Å²) in [7, 11) is 0. The third-order valence-electron chi connectivity index (χ3n) is 3.09. The van der Waals surface area contributed by atoms with Crippen LogP contribution in [0.3, 0.4) is 0 Å². The number of rotatable bonds is 13. The molecule has 3 nitrogen and oxygen atoms in total. The zero-order chi connectivity index (χ0) is 13.6. The topological polar surface area (TPSA) is 35.5 Å². The molecule has 108 valence electrons. The third-order valence-corrected chi connectivity index (χ3v) is 3.09. The summed E-state index contributed by atoms with van der Waals surface area (Å²) in [6, 6.07) is 0. The predicted octanol–water partition coefficient (Wildman–Crippen LogP) is 3.61. The van der Waals surface area contributed by atoms with E-state index >= 15 is 0 Å². The molecule has 0 aliphatic carbocycles. The Labute approximate surface area is 112 Å². The van der Waals surface area contributed by atoms with Crippen molar-refractivity contribution in [2.75, 3.05) is 26.4 Å². The molecule has 1 unspecified atom stereocenters. The number of ether oxygens (including phenoxy) is 2. The Bertz CT molecular complexity index is 192. The lowest BCUT2D eigenvalue weighted by Gasteiger charge is -2.14. The standard InChI is InChI=1S/C15H30O3/c1-4-6-9-15(5-2)13-18-12-11-17-10-7-8-14(3)16/h15H,4-13H2,1-3H3. The Morgan fingerprint density at radius 2 is 1.78 bits per heavy atom. The van der Waals surface area contributed by atoms with E-state index in [-0.39, 0.29) is 5.78 Å². The van der Waals surface area contributed by atoms with Gasteiger partial charge >= 0.3 is 0 Å². The summed E-state index contributed by atoms with van der Waals surface area (Å²) in [5.74, 6) is 0.930. The van der Waals surface area contributed by atoms with E-state index in [1.807, 2.05) is 0 Å². The maximum atomic E-state index is 10.7. The van der Waals surface area contributed by atoms with Crippen molar-refractivity contribution in [2.45, 2.75) is 59.3 Å². The van der Waals surface area contributed by atoms with Crippen molar-refractivity contribution >= 4 is 5.78 Å². The van der Waals surface area contributed by atoms with Crippen LogP contribution in [0.2, 0.25) is 0 Å². The lowest BCUT2D eigenvalue weighted by atomic mass is 10.0. The molecule has 0 aromatic heterocycles. The fraction of sp³-hybridized carbons (Fsp3) is 0.933. The minimum Gasteiger partial charge on any atom is -0.379 e. The Hall–Kier alpha value is -0.410. The maximum Gasteiger partial charge on any atom is 0.129 e. The lowest BCUT2D eigenvalue weighted by molar-refractivity contribution is -0.117. The molecule has 3 heteroatoms. The molecule has 0 aliphatic rings. The number of ketones is 1. The summed E-state index contributed by atoms with van der Waals surface area (Å²) >= 11 is 0. The van der Waals surface area contributed by atoms with Crippen LogP contribution >= 0.6 is 0 Å². The van der Waals surface area contributed by atoms with Crippen LogP contribution in [0.4, 0.5) is 0 Å². The van der Waals surface area contributed by atoms with Crippen LogP contribution in [0.25, 0.3) is 0 Å². The molecule has 0 aromatic rings. The zero-order valence-corrected chi connectivity index (χ0v) is 12.4. The van der Waals surface area contributed by atoms with Crippen molar-refractivity contribution in [2.24, 2.45) is 5.92 Å². The van der Waals surface area contributed by atoms with Gasteiger partial charge in [0, 0.05) is 19.6 Å². The zero-order valence-electron chi connectivity index (χ0n) is 12.4. The van der Waals surface area contributed by atoms with E-state index in [4.69, 9.17) is 9.47 Å². The van der Waals surface area contributed by atoms with Gasteiger partial charge in [-0.25, -0.2) is 0 Å². The van der Waals surface area contributed by atoms with Crippen LogP contribution in [0.5, 0.6) is 0 Å². The van der Waals surface area contributed by atoms with Crippen LogP contribution in [-0.4, -0.2) is 32.2 Å². The second kappa shape index (κ2) is 13.0. The SMILES string of the molecule is CCCCC(CC)COCCOCCCC(C)=O. The van der Waals surface area contributed by atoms with E-state index in [9.17, 15) is 4.79 Å². The fourth-order valence-electron chi connectivity index (χ4n) is 1.79. The first-order chi connectivity index (χ1) is 8.70. The Morgan fingerprint density at radius 3 is 2.39 bits per heavy atom. The summed E-state index contributed by atoms with van der Waals surface area (Å²) in [5, 5.41) is 0. The van der Waals surface area contributed by atoms with E-state index in [0.29, 0.717) is 32.2 Å². The molecule has 0 heterocycles. The number of hydrogen-bond acceptors (Lipinski definition) is 3. The van der Waals surface area contributed by atoms with E-state index in [1.54, 1.807) is 6.92 Å². The smallest absolute Gasteiger partial charge is 0.129 e. The van der Waals surface area contributed by atoms with Crippen LogP contribution in [0.15, 0.2) is 0 Å². The van der Waals surface area contributed by atoms with Crippen LogP contribution in [-0.2, 0) is 14.3 Å². The minimum atomic E-state index is 0.233. The Balaban J connectivity index is 3.24. The lowest BCUT2D eigenvalue weighted by Crippen LogP contribution is -2.12. The van der Waals surface area contributed by atoms with E-state index in [1.165, 1.54) is 25.7 Å². The molecule has 0 spiro atoms. The van der Waals surface area contributed by atoms with Gasteiger partial charge in [0.2, 0.25) is 0 Å². The second-order valence-electron chi connectivity index (χ2n) is 4.91. The third kappa shape index (κ3) is 12.1. The average molecular weight is 258 g/mol. The first-order valence-electron chi connectivity index (χ1n) is 7.35. The first kappa shape index (κ1) is 17.6. The van der Waals surface area contributed by atoms with Gasteiger partial charge in [0.15, 0.2) is 0 Å². The van der Waals surface area contributed by atoms with Gasteiger partial charge in [-0.1, -0.05) is 33.1 Å². The van der Waals surface area contributed by atoms with Crippen molar-refractivity contribution in [3.8, 4) is 0 Å². The molecule has 0 aliphatic heterocycles. The highest BCUT2D eigenvalue weighted by atomic mass is 16.5. The normalized spacial score (nSPS) is 12.6. The first-order valence-corrected chi connectivity index (χ1v) is 7.35. The highest BCUT2D eigenvalue weighted by molar-refractivity contribution is 5.75. The molecule has 18 heavy (non-hydrogen) atoms. The van der Waals surface area contributed by atoms with E-state index < -0.39 is 0 Å². The van der Waals surface area contributed by atoms with Gasteiger partial charge in [-0.3, -0.25) is 0 Å². The van der Waals surface area contributed by atoms with Gasteiger partial charge in [-0.15, -0.1) is 0 Å². The van der Waals surface area contributed by atoms with Gasteiger partial charge in [0.05, 0.1) is 13.2 Å². The highest BCUT2D eigenvalue weighted by Crippen LogP contribution is 2.12. The molecule has 0 amide bonds. The van der Waals surface area contributed by atoms with Crippen molar-refractivity contribution in [3.63, 3.8) is 0 Å². The summed E-state index contributed by atoms with van der Waals surface area (Å²) < 4.78 is 11.0. The van der Waals surface area contributed by atoms with Crippen molar-refractivity contribution < 1.29 is 14.3 Å². The summed E-state index contributed by atoms with van der Waals surface area (Å²) in [6.07, 6.45) is 6.46. The molecular formula is C15H30O3. The van der Waals surface area contributed by atoms with Crippen molar-refractivity contribution in [1.29, 1.82) is 0 Å². The van der Waals surface area contributed by atoms with Gasteiger partial charge in [0.25, 0.3) is 0 Å². The van der Waals surface area contributed by atoms with Crippen molar-refractivity contribution in [1.82, 2.24) is 0 Å². The second-order valence-corrected chi connectivity index (χ2v) is 4.91. The fourth-order valence-corrected chi connectivity index (χ4v) is 1.79. The molecule has 0 N–H and O–H groups in total. The van der Waals surface area contributed by atoms with Crippen molar-refractivity contribution in [3.05, 3.63) is 0 Å². The molecule has 0 rings (SSSR count). The largest absolute Gasteiger partial charge is 0.379 e.